The van der Waals surface area contributed by atoms with Crippen molar-refractivity contribution >= 4 is 12.0 Å². The third-order valence-corrected chi connectivity index (χ3v) is 3.91. The summed E-state index contributed by atoms with van der Waals surface area (Å²) in [4.78, 5) is 16.4. The van der Waals surface area contributed by atoms with E-state index >= 15 is 0 Å². The number of nitrogens with zero attached hydrogens (tertiary/aromatic N) is 3. The first-order valence-electron chi connectivity index (χ1n) is 8.25. The summed E-state index contributed by atoms with van der Waals surface area (Å²) in [6, 6.07) is 17.1. The predicted molar refractivity (Wildman–Crippen MR) is 99.4 cm³/mol. The highest BCUT2D eigenvalue weighted by atomic mass is 16.5. The molecule has 0 saturated heterocycles. The molecule has 1 amide bonds. The van der Waals surface area contributed by atoms with Crippen LogP contribution in [0.1, 0.15) is 17.2 Å². The summed E-state index contributed by atoms with van der Waals surface area (Å²) in [6.07, 6.45) is 6.36. The molecule has 0 radical (unpaired) electrons. The third kappa shape index (κ3) is 4.57. The maximum Gasteiger partial charge on any atom is 0.244 e. The maximum atomic E-state index is 12.4. The van der Waals surface area contributed by atoms with Crippen LogP contribution < -0.4 is 10.1 Å². The van der Waals surface area contributed by atoms with Crippen molar-refractivity contribution in [2.24, 2.45) is 0 Å². The van der Waals surface area contributed by atoms with Crippen LogP contribution in [0.4, 0.5) is 0 Å². The van der Waals surface area contributed by atoms with E-state index in [1.807, 2.05) is 54.6 Å². The molecule has 1 heterocycles. The fourth-order valence-electron chi connectivity index (χ4n) is 2.62. The van der Waals surface area contributed by atoms with Gasteiger partial charge < -0.3 is 10.1 Å². The number of ether oxygens (including phenoxy) is 1. The number of methoxy groups -OCH3 is 1. The standard InChI is InChI=1S/C20H20N4O2/c1-26-19-10-6-5-9-17(19)11-12-20(25)23-18(13-24-15-21-14-22-24)16-7-3-2-4-8-16/h2-12,14-15,18H,13H2,1H3,(H,23,25)/b12-11+/t18-/m0/s1. The Morgan fingerprint density at radius 2 is 1.96 bits per heavy atom. The Morgan fingerprint density at radius 3 is 2.69 bits per heavy atom. The van der Waals surface area contributed by atoms with Crippen molar-refractivity contribution in [1.29, 1.82) is 0 Å². The molecule has 0 spiro atoms. The van der Waals surface area contributed by atoms with E-state index in [9.17, 15) is 4.79 Å². The minimum absolute atomic E-state index is 0.190. The first-order valence-corrected chi connectivity index (χ1v) is 8.25. The molecule has 0 fully saturated rings. The van der Waals surface area contributed by atoms with Crippen LogP contribution in [0.15, 0.2) is 73.3 Å². The van der Waals surface area contributed by atoms with Gasteiger partial charge in [0, 0.05) is 11.6 Å². The van der Waals surface area contributed by atoms with Gasteiger partial charge in [-0.3, -0.25) is 9.48 Å². The smallest absolute Gasteiger partial charge is 0.244 e. The van der Waals surface area contributed by atoms with Gasteiger partial charge in [-0.25, -0.2) is 4.98 Å². The lowest BCUT2D eigenvalue weighted by molar-refractivity contribution is -0.117. The van der Waals surface area contributed by atoms with E-state index in [0.717, 1.165) is 16.9 Å². The Morgan fingerprint density at radius 1 is 1.19 bits per heavy atom. The van der Waals surface area contributed by atoms with Gasteiger partial charge in [0.25, 0.3) is 0 Å². The van der Waals surface area contributed by atoms with Gasteiger partial charge in [0.2, 0.25) is 5.91 Å². The maximum absolute atomic E-state index is 12.4. The van der Waals surface area contributed by atoms with E-state index in [2.05, 4.69) is 15.4 Å². The molecule has 1 aromatic heterocycles. The van der Waals surface area contributed by atoms with Crippen LogP contribution in [0.2, 0.25) is 0 Å². The Bertz CT molecular complexity index is 861. The molecule has 2 aromatic carbocycles. The average Bonchev–Trinajstić information content (AvgIpc) is 3.20. The minimum atomic E-state index is -0.215. The first kappa shape index (κ1) is 17.4. The van der Waals surface area contributed by atoms with Crippen molar-refractivity contribution in [2.45, 2.75) is 12.6 Å². The molecule has 3 rings (SSSR count). The largest absolute Gasteiger partial charge is 0.496 e. The van der Waals surface area contributed by atoms with Crippen LogP contribution in [-0.4, -0.2) is 27.8 Å². The fraction of sp³-hybridized carbons (Fsp3) is 0.150. The number of para-hydroxylation sites is 1. The van der Waals surface area contributed by atoms with Crippen molar-refractivity contribution < 1.29 is 9.53 Å². The molecule has 0 unspecified atom stereocenters. The summed E-state index contributed by atoms with van der Waals surface area (Å²) in [5.41, 5.74) is 1.85. The average molecular weight is 348 g/mol. The minimum Gasteiger partial charge on any atom is -0.496 e. The van der Waals surface area contributed by atoms with E-state index in [1.165, 1.54) is 12.4 Å². The number of aromatic nitrogens is 3. The first-order chi connectivity index (χ1) is 12.8. The molecule has 0 aliphatic carbocycles. The van der Waals surface area contributed by atoms with Crippen LogP contribution in [0.5, 0.6) is 5.75 Å². The molecule has 6 heteroatoms. The number of benzene rings is 2. The number of hydrogen-bond acceptors (Lipinski definition) is 4. The lowest BCUT2D eigenvalue weighted by atomic mass is 10.1. The van der Waals surface area contributed by atoms with Crippen LogP contribution >= 0.6 is 0 Å². The van der Waals surface area contributed by atoms with Gasteiger partial charge >= 0.3 is 0 Å². The zero-order chi connectivity index (χ0) is 18.2. The Balaban J connectivity index is 1.73. The van der Waals surface area contributed by atoms with Crippen LogP contribution in [0, 0.1) is 0 Å². The van der Waals surface area contributed by atoms with Crippen molar-refractivity contribution in [3.63, 3.8) is 0 Å². The molecule has 26 heavy (non-hydrogen) atoms. The Kier molecular flexibility index (Phi) is 5.77. The lowest BCUT2D eigenvalue weighted by Gasteiger charge is -2.18. The number of hydrogen-bond donors (Lipinski definition) is 1. The van der Waals surface area contributed by atoms with E-state index in [0.29, 0.717) is 6.54 Å². The molecular formula is C20H20N4O2. The molecule has 0 bridgehead atoms. The number of carbonyl (C=O) groups is 1. The van der Waals surface area contributed by atoms with Crippen molar-refractivity contribution in [2.75, 3.05) is 7.11 Å². The summed E-state index contributed by atoms with van der Waals surface area (Å²) < 4.78 is 6.99. The highest BCUT2D eigenvalue weighted by Crippen LogP contribution is 2.19. The number of carbonyl (C=O) groups excluding carboxylic acids is 1. The predicted octanol–water partition coefficient (Wildman–Crippen LogP) is 2.86. The SMILES string of the molecule is COc1ccccc1/C=C/C(=O)N[C@@H](Cn1cncn1)c1ccccc1. The zero-order valence-electron chi connectivity index (χ0n) is 14.4. The van der Waals surface area contributed by atoms with Crippen LogP contribution in [-0.2, 0) is 11.3 Å². The highest BCUT2D eigenvalue weighted by molar-refractivity contribution is 5.92. The van der Waals surface area contributed by atoms with Gasteiger partial charge in [0.1, 0.15) is 18.4 Å². The second-order valence-corrected chi connectivity index (χ2v) is 5.66. The lowest BCUT2D eigenvalue weighted by Crippen LogP contribution is -2.30. The van der Waals surface area contributed by atoms with Gasteiger partial charge in [-0.15, -0.1) is 0 Å². The van der Waals surface area contributed by atoms with E-state index < -0.39 is 0 Å². The fourth-order valence-corrected chi connectivity index (χ4v) is 2.62. The summed E-state index contributed by atoms with van der Waals surface area (Å²) in [5.74, 6) is 0.531. The summed E-state index contributed by atoms with van der Waals surface area (Å²) in [5, 5.41) is 7.15. The van der Waals surface area contributed by atoms with Gasteiger partial charge in [0.15, 0.2) is 0 Å². The molecule has 6 nitrogen and oxygen atoms in total. The van der Waals surface area contributed by atoms with Gasteiger partial charge in [-0.1, -0.05) is 48.5 Å². The second-order valence-electron chi connectivity index (χ2n) is 5.66. The number of nitrogens with one attached hydrogen (secondary N) is 1. The number of rotatable bonds is 7. The monoisotopic (exact) mass is 348 g/mol. The second kappa shape index (κ2) is 8.62. The van der Waals surface area contributed by atoms with Crippen LogP contribution in [0.25, 0.3) is 6.08 Å². The highest BCUT2D eigenvalue weighted by Gasteiger charge is 2.14. The van der Waals surface area contributed by atoms with Gasteiger partial charge in [0.05, 0.1) is 19.7 Å². The molecular weight excluding hydrogens is 328 g/mol. The normalized spacial score (nSPS) is 12.0. The third-order valence-electron chi connectivity index (χ3n) is 3.91. The van der Waals surface area contributed by atoms with E-state index in [1.54, 1.807) is 24.2 Å². The van der Waals surface area contributed by atoms with E-state index in [-0.39, 0.29) is 11.9 Å². The Hall–Kier alpha value is -3.41. The summed E-state index contributed by atoms with van der Waals surface area (Å²) in [7, 11) is 1.61. The zero-order valence-corrected chi connectivity index (χ0v) is 14.4. The molecule has 1 N–H and O–H groups in total. The summed E-state index contributed by atoms with van der Waals surface area (Å²) >= 11 is 0. The van der Waals surface area contributed by atoms with Crippen molar-refractivity contribution in [1.82, 2.24) is 20.1 Å². The number of amides is 1. The molecule has 1 atom stereocenters. The molecule has 3 aromatic rings. The van der Waals surface area contributed by atoms with Crippen molar-refractivity contribution in [3.8, 4) is 5.75 Å². The molecule has 132 valence electrons. The van der Waals surface area contributed by atoms with Crippen molar-refractivity contribution in [3.05, 3.63) is 84.5 Å². The molecule has 0 aliphatic heterocycles. The van der Waals surface area contributed by atoms with Gasteiger partial charge in [-0.2, -0.15) is 5.10 Å². The van der Waals surface area contributed by atoms with Crippen LogP contribution in [0.3, 0.4) is 0 Å². The van der Waals surface area contributed by atoms with Gasteiger partial charge in [-0.05, 0) is 17.7 Å². The molecule has 0 saturated carbocycles. The molecule has 0 aliphatic rings. The topological polar surface area (TPSA) is 69.0 Å². The Labute approximate surface area is 152 Å². The van der Waals surface area contributed by atoms with E-state index in [4.69, 9.17) is 4.74 Å². The summed E-state index contributed by atoms with van der Waals surface area (Å²) in [6.45, 7) is 0.498. The quantitative estimate of drug-likeness (QED) is 0.667.